The number of aromatic nitrogens is 5. The molecule has 9 nitrogen and oxygen atoms in total. The first kappa shape index (κ1) is 22.0. The lowest BCUT2D eigenvalue weighted by atomic mass is 10.0. The Balaban J connectivity index is 1.45. The van der Waals surface area contributed by atoms with Gasteiger partial charge in [0, 0.05) is 62.8 Å². The Bertz CT molecular complexity index is 1470. The number of anilines is 1. The van der Waals surface area contributed by atoms with Crippen LogP contribution in [-0.4, -0.2) is 54.2 Å². The summed E-state index contributed by atoms with van der Waals surface area (Å²) < 4.78 is 3.38. The van der Waals surface area contributed by atoms with Crippen LogP contribution in [0.3, 0.4) is 0 Å². The van der Waals surface area contributed by atoms with E-state index in [2.05, 4.69) is 63.8 Å². The van der Waals surface area contributed by atoms with Crippen LogP contribution in [0.25, 0.3) is 16.7 Å². The molecule has 9 heteroatoms. The van der Waals surface area contributed by atoms with Crippen molar-refractivity contribution in [2.75, 3.05) is 18.0 Å². The highest BCUT2D eigenvalue weighted by atomic mass is 16.1. The average molecular weight is 457 g/mol. The van der Waals surface area contributed by atoms with E-state index in [1.54, 1.807) is 34.6 Å². The molecular formula is C25H28N8O. The van der Waals surface area contributed by atoms with Crippen molar-refractivity contribution in [1.29, 1.82) is 5.26 Å². The van der Waals surface area contributed by atoms with Gasteiger partial charge in [-0.25, -0.2) is 4.52 Å². The Hall–Kier alpha value is -3.77. The van der Waals surface area contributed by atoms with Gasteiger partial charge in [0.2, 0.25) is 0 Å². The molecule has 0 spiro atoms. The van der Waals surface area contributed by atoms with Gasteiger partial charge in [-0.3, -0.25) is 24.2 Å². The molecule has 0 aliphatic carbocycles. The highest BCUT2D eigenvalue weighted by molar-refractivity contribution is 5.74. The molecule has 1 saturated heterocycles. The monoisotopic (exact) mass is 456 g/mol. The maximum absolute atomic E-state index is 12.7. The van der Waals surface area contributed by atoms with Crippen molar-refractivity contribution in [2.24, 2.45) is 7.05 Å². The lowest BCUT2D eigenvalue weighted by molar-refractivity contribution is 0.119. The van der Waals surface area contributed by atoms with Crippen LogP contribution in [0.1, 0.15) is 38.1 Å². The molecule has 1 fully saturated rings. The van der Waals surface area contributed by atoms with E-state index in [9.17, 15) is 4.79 Å². The largest absolute Gasteiger partial charge is 0.351 e. The zero-order chi connectivity index (χ0) is 24.0. The molecule has 34 heavy (non-hydrogen) atoms. The summed E-state index contributed by atoms with van der Waals surface area (Å²) in [5.41, 5.74) is 4.29. The predicted molar refractivity (Wildman–Crippen MR) is 131 cm³/mol. The zero-order valence-electron chi connectivity index (χ0n) is 19.9. The van der Waals surface area contributed by atoms with Crippen LogP contribution in [0.5, 0.6) is 0 Å². The van der Waals surface area contributed by atoms with Gasteiger partial charge in [0.15, 0.2) is 0 Å². The average Bonchev–Trinajstić information content (AvgIpc) is 3.26. The predicted octanol–water partition coefficient (Wildman–Crippen LogP) is 2.70. The first-order valence-electron chi connectivity index (χ1n) is 11.6. The van der Waals surface area contributed by atoms with E-state index in [0.29, 0.717) is 11.3 Å². The zero-order valence-corrected chi connectivity index (χ0v) is 19.9. The van der Waals surface area contributed by atoms with E-state index in [-0.39, 0.29) is 30.1 Å². The van der Waals surface area contributed by atoms with Crippen LogP contribution >= 0.6 is 0 Å². The maximum Gasteiger partial charge on any atom is 0.255 e. The summed E-state index contributed by atoms with van der Waals surface area (Å²) in [4.78, 5) is 26.3. The van der Waals surface area contributed by atoms with Crippen molar-refractivity contribution in [3.05, 3.63) is 64.3 Å². The molecule has 1 aliphatic heterocycles. The first-order valence-corrected chi connectivity index (χ1v) is 11.6. The van der Waals surface area contributed by atoms with Gasteiger partial charge >= 0.3 is 0 Å². The first-order chi connectivity index (χ1) is 16.4. The van der Waals surface area contributed by atoms with Crippen LogP contribution in [0, 0.1) is 11.3 Å². The Morgan fingerprint density at radius 2 is 1.85 bits per heavy atom. The van der Waals surface area contributed by atoms with Gasteiger partial charge in [0.1, 0.15) is 11.5 Å². The number of piperazine rings is 1. The minimum absolute atomic E-state index is 0.0844. The van der Waals surface area contributed by atoms with Crippen molar-refractivity contribution in [3.63, 3.8) is 0 Å². The molecule has 0 amide bonds. The number of benzene rings is 1. The second kappa shape index (κ2) is 8.54. The van der Waals surface area contributed by atoms with Crippen LogP contribution in [-0.2, 0) is 13.5 Å². The third-order valence-corrected chi connectivity index (χ3v) is 6.95. The summed E-state index contributed by atoms with van der Waals surface area (Å²) in [5, 5.41) is 13.7. The number of aryl methyl sites for hydroxylation is 1. The van der Waals surface area contributed by atoms with Crippen LogP contribution < -0.4 is 10.5 Å². The molecule has 0 N–H and O–H groups in total. The Labute approximate surface area is 197 Å². The summed E-state index contributed by atoms with van der Waals surface area (Å²) >= 11 is 0. The van der Waals surface area contributed by atoms with E-state index >= 15 is 0 Å². The normalized spacial score (nSPS) is 20.0. The molecule has 3 aromatic heterocycles. The van der Waals surface area contributed by atoms with Gasteiger partial charge < -0.3 is 4.90 Å². The van der Waals surface area contributed by atoms with Gasteiger partial charge in [0.05, 0.1) is 29.2 Å². The minimum atomic E-state index is -0.0844. The van der Waals surface area contributed by atoms with Crippen molar-refractivity contribution < 1.29 is 0 Å². The SMILES string of the molecule is CC(c1ccc2nccnc2c1)N1C[C@H](C)N(c2cc(=O)n(C)c3cc(CC#N)nn23)C[C@H]1C. The molecular weight excluding hydrogens is 428 g/mol. The fraction of sp³-hybridized carbons (Fsp3) is 0.400. The fourth-order valence-corrected chi connectivity index (χ4v) is 5.02. The molecule has 174 valence electrons. The van der Waals surface area contributed by atoms with Gasteiger partial charge in [-0.15, -0.1) is 0 Å². The van der Waals surface area contributed by atoms with Gasteiger partial charge in [-0.2, -0.15) is 10.4 Å². The summed E-state index contributed by atoms with van der Waals surface area (Å²) in [6, 6.07) is 12.5. The summed E-state index contributed by atoms with van der Waals surface area (Å²) in [6.07, 6.45) is 3.65. The summed E-state index contributed by atoms with van der Waals surface area (Å²) in [6.45, 7) is 8.23. The highest BCUT2D eigenvalue weighted by Gasteiger charge is 2.34. The molecule has 4 heterocycles. The topological polar surface area (TPSA) is 95.4 Å². The highest BCUT2D eigenvalue weighted by Crippen LogP contribution is 2.30. The van der Waals surface area contributed by atoms with Crippen LogP contribution in [0.4, 0.5) is 5.82 Å². The maximum atomic E-state index is 12.7. The van der Waals surface area contributed by atoms with E-state index < -0.39 is 0 Å². The number of rotatable bonds is 4. The number of nitrogens with zero attached hydrogens (tertiary/aromatic N) is 8. The third-order valence-electron chi connectivity index (χ3n) is 6.95. The van der Waals surface area contributed by atoms with Crippen molar-refractivity contribution >= 4 is 22.5 Å². The van der Waals surface area contributed by atoms with E-state index in [0.717, 1.165) is 29.9 Å². The lowest BCUT2D eigenvalue weighted by Crippen LogP contribution is -2.57. The van der Waals surface area contributed by atoms with Gasteiger partial charge in [-0.1, -0.05) is 6.07 Å². The lowest BCUT2D eigenvalue weighted by Gasteiger charge is -2.47. The molecule has 4 aromatic rings. The van der Waals surface area contributed by atoms with Crippen LogP contribution in [0.15, 0.2) is 47.5 Å². The standard InChI is InChI=1S/C25H28N8O/c1-16-15-32(24-13-25(34)30(4)23-12-20(7-8-26)29-33(23)24)17(2)14-31(16)18(3)19-5-6-21-22(11-19)28-10-9-27-21/h5-6,9-13,16-18H,7,14-15H2,1-4H3/t16-,17+,18?/m1/s1. The Morgan fingerprint density at radius 3 is 2.62 bits per heavy atom. The Kier molecular flexibility index (Phi) is 5.54. The second-order valence-corrected chi connectivity index (χ2v) is 9.17. The van der Waals surface area contributed by atoms with Gasteiger partial charge in [0.25, 0.3) is 5.56 Å². The van der Waals surface area contributed by atoms with Gasteiger partial charge in [-0.05, 0) is 38.5 Å². The second-order valence-electron chi connectivity index (χ2n) is 9.17. The molecule has 1 aliphatic rings. The van der Waals surface area contributed by atoms with Crippen molar-refractivity contribution in [2.45, 2.75) is 45.3 Å². The van der Waals surface area contributed by atoms with Crippen LogP contribution in [0.2, 0.25) is 0 Å². The molecule has 0 bridgehead atoms. The molecule has 0 saturated carbocycles. The minimum Gasteiger partial charge on any atom is -0.351 e. The van der Waals surface area contributed by atoms with E-state index in [1.807, 2.05) is 12.1 Å². The number of fused-ring (bicyclic) bond motifs is 2. The molecule has 0 radical (unpaired) electrons. The summed E-state index contributed by atoms with van der Waals surface area (Å²) in [7, 11) is 1.74. The number of hydrogen-bond donors (Lipinski definition) is 0. The molecule has 3 atom stereocenters. The third kappa shape index (κ3) is 3.70. The summed E-state index contributed by atoms with van der Waals surface area (Å²) in [5.74, 6) is 0.773. The smallest absolute Gasteiger partial charge is 0.255 e. The molecule has 1 aromatic carbocycles. The molecule has 5 rings (SSSR count). The molecule has 1 unspecified atom stereocenters. The quantitative estimate of drug-likeness (QED) is 0.466. The van der Waals surface area contributed by atoms with E-state index in [4.69, 9.17) is 5.26 Å². The Morgan fingerprint density at radius 1 is 1.09 bits per heavy atom. The number of hydrogen-bond acceptors (Lipinski definition) is 7. The van der Waals surface area contributed by atoms with Crippen molar-refractivity contribution in [1.82, 2.24) is 29.0 Å². The van der Waals surface area contributed by atoms with E-state index in [1.165, 1.54) is 5.56 Å². The fourth-order valence-electron chi connectivity index (χ4n) is 5.02. The van der Waals surface area contributed by atoms with Crippen molar-refractivity contribution in [3.8, 4) is 6.07 Å². The number of nitriles is 1.